The number of carbonyl (C=O) groups is 2. The van der Waals surface area contributed by atoms with E-state index in [1.54, 1.807) is 16.0 Å². The molecule has 0 spiro atoms. The van der Waals surface area contributed by atoms with Crippen molar-refractivity contribution in [3.63, 3.8) is 0 Å². The van der Waals surface area contributed by atoms with E-state index in [1.165, 1.54) is 4.68 Å². The van der Waals surface area contributed by atoms with Crippen LogP contribution in [0.5, 0.6) is 5.75 Å². The quantitative estimate of drug-likeness (QED) is 0.608. The Morgan fingerprint density at radius 2 is 1.77 bits per heavy atom. The van der Waals surface area contributed by atoms with Gasteiger partial charge in [-0.1, -0.05) is 23.4 Å². The minimum atomic E-state index is -0.142. The van der Waals surface area contributed by atoms with Crippen molar-refractivity contribution in [3.8, 4) is 5.75 Å². The van der Waals surface area contributed by atoms with E-state index < -0.39 is 0 Å². The average molecular weight is 415 g/mol. The smallest absolute Gasteiger partial charge is 0.276 e. The van der Waals surface area contributed by atoms with Crippen molar-refractivity contribution < 1.29 is 14.3 Å². The molecule has 0 radical (unpaired) electrons. The lowest BCUT2D eigenvalue weighted by Crippen LogP contribution is -2.49. The summed E-state index contributed by atoms with van der Waals surface area (Å²) >= 11 is 0. The zero-order valence-corrected chi connectivity index (χ0v) is 17.7. The molecule has 2 heterocycles. The topological polar surface area (TPSA) is 83.8 Å². The van der Waals surface area contributed by atoms with Gasteiger partial charge in [-0.05, 0) is 26.0 Å². The van der Waals surface area contributed by atoms with E-state index in [-0.39, 0.29) is 24.1 Å². The third-order valence-corrected chi connectivity index (χ3v) is 5.25. The molecule has 3 rings (SSSR count). The summed E-state index contributed by atoms with van der Waals surface area (Å²) in [5, 5.41) is 7.93. The fourth-order valence-electron chi connectivity index (χ4n) is 3.43. The first-order valence-corrected chi connectivity index (χ1v) is 10.5. The fraction of sp³-hybridized carbons (Fsp3) is 0.524. The second-order valence-electron chi connectivity index (χ2n) is 7.16. The summed E-state index contributed by atoms with van der Waals surface area (Å²) in [5.74, 6) is 0.695. The van der Waals surface area contributed by atoms with Crippen LogP contribution in [0.15, 0.2) is 36.5 Å². The number of rotatable bonds is 9. The maximum atomic E-state index is 12.7. The molecule has 1 aromatic carbocycles. The maximum absolute atomic E-state index is 12.7. The van der Waals surface area contributed by atoms with Gasteiger partial charge in [0, 0.05) is 45.8 Å². The van der Waals surface area contributed by atoms with Gasteiger partial charge in [-0.2, -0.15) is 0 Å². The lowest BCUT2D eigenvalue weighted by atomic mass is 10.3. The highest BCUT2D eigenvalue weighted by Crippen LogP contribution is 2.10. The first-order chi connectivity index (χ1) is 14.6. The highest BCUT2D eigenvalue weighted by molar-refractivity contribution is 5.92. The predicted molar refractivity (Wildman–Crippen MR) is 112 cm³/mol. The maximum Gasteiger partial charge on any atom is 0.276 e. The van der Waals surface area contributed by atoms with Crippen LogP contribution in [0.1, 0.15) is 24.3 Å². The first-order valence-electron chi connectivity index (χ1n) is 10.5. The first kappa shape index (κ1) is 21.8. The number of ether oxygens (including phenoxy) is 1. The molecule has 1 aliphatic rings. The van der Waals surface area contributed by atoms with Crippen LogP contribution in [0, 0.1) is 0 Å². The summed E-state index contributed by atoms with van der Waals surface area (Å²) in [4.78, 5) is 30.7. The van der Waals surface area contributed by atoms with E-state index >= 15 is 0 Å². The second kappa shape index (κ2) is 10.7. The molecule has 1 aromatic heterocycles. The lowest BCUT2D eigenvalue weighted by Gasteiger charge is -2.34. The molecule has 0 atom stereocenters. The van der Waals surface area contributed by atoms with Crippen molar-refractivity contribution >= 4 is 11.8 Å². The summed E-state index contributed by atoms with van der Waals surface area (Å²) in [6.45, 7) is 9.55. The van der Waals surface area contributed by atoms with Gasteiger partial charge in [0.2, 0.25) is 5.91 Å². The third-order valence-electron chi connectivity index (χ3n) is 5.25. The van der Waals surface area contributed by atoms with Gasteiger partial charge in [-0.25, -0.2) is 4.68 Å². The normalized spacial score (nSPS) is 14.5. The fourth-order valence-corrected chi connectivity index (χ4v) is 3.43. The summed E-state index contributed by atoms with van der Waals surface area (Å²) in [7, 11) is 0. The molecule has 1 fully saturated rings. The Bertz CT molecular complexity index is 813. The largest absolute Gasteiger partial charge is 0.492 e. The Hall–Kier alpha value is -2.94. The number of piperazine rings is 1. The second-order valence-corrected chi connectivity index (χ2v) is 7.16. The van der Waals surface area contributed by atoms with E-state index in [2.05, 4.69) is 15.2 Å². The van der Waals surface area contributed by atoms with E-state index in [0.717, 1.165) is 25.4 Å². The number of amides is 2. The molecule has 0 bridgehead atoms. The van der Waals surface area contributed by atoms with Gasteiger partial charge in [0.25, 0.3) is 5.91 Å². The summed E-state index contributed by atoms with van der Waals surface area (Å²) in [6, 6.07) is 9.76. The summed E-state index contributed by atoms with van der Waals surface area (Å²) < 4.78 is 7.18. The number of benzene rings is 1. The zero-order valence-electron chi connectivity index (χ0n) is 17.7. The Labute approximate surface area is 177 Å². The highest BCUT2D eigenvalue weighted by atomic mass is 16.5. The van der Waals surface area contributed by atoms with Crippen molar-refractivity contribution in [1.82, 2.24) is 29.7 Å². The summed E-state index contributed by atoms with van der Waals surface area (Å²) in [5.41, 5.74) is 0.281. The molecule has 30 heavy (non-hydrogen) atoms. The van der Waals surface area contributed by atoms with Gasteiger partial charge in [0.1, 0.15) is 18.9 Å². The van der Waals surface area contributed by atoms with Crippen LogP contribution >= 0.6 is 0 Å². The lowest BCUT2D eigenvalue weighted by molar-refractivity contribution is -0.131. The van der Waals surface area contributed by atoms with Crippen molar-refractivity contribution in [2.75, 3.05) is 52.4 Å². The summed E-state index contributed by atoms with van der Waals surface area (Å²) in [6.07, 6.45) is 1.56. The molecule has 0 unspecified atom stereocenters. The van der Waals surface area contributed by atoms with Crippen LogP contribution in [0.3, 0.4) is 0 Å². The van der Waals surface area contributed by atoms with Gasteiger partial charge in [0.05, 0.1) is 6.20 Å². The number of nitrogens with zero attached hydrogens (tertiary/aromatic N) is 6. The van der Waals surface area contributed by atoms with Crippen molar-refractivity contribution in [2.24, 2.45) is 0 Å². The van der Waals surface area contributed by atoms with Crippen molar-refractivity contribution in [1.29, 1.82) is 0 Å². The number of aromatic nitrogens is 3. The monoisotopic (exact) mass is 414 g/mol. The van der Waals surface area contributed by atoms with Crippen LogP contribution in [0.25, 0.3) is 0 Å². The van der Waals surface area contributed by atoms with Crippen LogP contribution in [0.4, 0.5) is 0 Å². The Morgan fingerprint density at radius 3 is 2.43 bits per heavy atom. The van der Waals surface area contributed by atoms with Crippen molar-refractivity contribution in [2.45, 2.75) is 20.4 Å². The molecule has 1 aliphatic heterocycles. The number of likely N-dealkylation sites (N-methyl/N-ethyl adjacent to an activating group) is 1. The van der Waals surface area contributed by atoms with E-state index in [1.807, 2.05) is 44.2 Å². The van der Waals surface area contributed by atoms with Gasteiger partial charge in [-0.15, -0.1) is 5.10 Å². The van der Waals surface area contributed by atoms with Crippen LogP contribution < -0.4 is 4.74 Å². The van der Waals surface area contributed by atoms with Gasteiger partial charge in [-0.3, -0.25) is 14.5 Å². The molecule has 2 amide bonds. The molecule has 162 valence electrons. The third kappa shape index (κ3) is 5.79. The molecule has 9 heteroatoms. The standard InChI is InChI=1S/C21H30N6O3/c1-3-25(4-2)20(28)17-27-16-19(22-23-27)21(29)26-12-10-24(11-13-26)14-15-30-18-8-6-5-7-9-18/h5-9,16H,3-4,10-15,17H2,1-2H3. The molecule has 0 N–H and O–H groups in total. The average Bonchev–Trinajstić information content (AvgIpc) is 3.24. The van der Waals surface area contributed by atoms with E-state index in [9.17, 15) is 9.59 Å². The highest BCUT2D eigenvalue weighted by Gasteiger charge is 2.24. The van der Waals surface area contributed by atoms with Gasteiger partial charge < -0.3 is 14.5 Å². The van der Waals surface area contributed by atoms with Gasteiger partial charge in [0.15, 0.2) is 5.69 Å². The minimum absolute atomic E-state index is 0.0322. The van der Waals surface area contributed by atoms with Gasteiger partial charge >= 0.3 is 0 Å². The molecule has 0 aliphatic carbocycles. The van der Waals surface area contributed by atoms with Crippen molar-refractivity contribution in [3.05, 3.63) is 42.2 Å². The Morgan fingerprint density at radius 1 is 1.07 bits per heavy atom. The van der Waals surface area contributed by atoms with Crippen LogP contribution in [0.2, 0.25) is 0 Å². The molecular formula is C21H30N6O3. The van der Waals surface area contributed by atoms with Crippen LogP contribution in [-0.2, 0) is 11.3 Å². The van der Waals surface area contributed by atoms with Crippen LogP contribution in [-0.4, -0.2) is 93.9 Å². The number of hydrogen-bond donors (Lipinski definition) is 0. The number of para-hydroxylation sites is 1. The molecule has 0 saturated carbocycles. The van der Waals surface area contributed by atoms with E-state index in [0.29, 0.717) is 32.8 Å². The molecule has 1 saturated heterocycles. The number of carbonyl (C=O) groups excluding carboxylic acids is 2. The molecule has 9 nitrogen and oxygen atoms in total. The zero-order chi connectivity index (χ0) is 21.3. The Kier molecular flexibility index (Phi) is 7.78. The molecule has 2 aromatic rings. The SMILES string of the molecule is CCN(CC)C(=O)Cn1cc(C(=O)N2CCN(CCOc3ccccc3)CC2)nn1. The Balaban J connectivity index is 1.43. The number of hydrogen-bond acceptors (Lipinski definition) is 6. The predicted octanol–water partition coefficient (Wildman–Crippen LogP) is 0.983. The van der Waals surface area contributed by atoms with E-state index in [4.69, 9.17) is 4.74 Å². The minimum Gasteiger partial charge on any atom is -0.492 e. The molecular weight excluding hydrogens is 384 g/mol.